The lowest BCUT2D eigenvalue weighted by Gasteiger charge is -2.06. The van der Waals surface area contributed by atoms with Crippen molar-refractivity contribution < 1.29 is 4.79 Å². The molecule has 2 aromatic rings. The van der Waals surface area contributed by atoms with Gasteiger partial charge in [-0.25, -0.2) is 0 Å². The van der Waals surface area contributed by atoms with Crippen molar-refractivity contribution in [2.24, 2.45) is 0 Å². The number of rotatable bonds is 7. The lowest BCUT2D eigenvalue weighted by atomic mass is 10.1. The Labute approximate surface area is 130 Å². The average molecular weight is 300 g/mol. The summed E-state index contributed by atoms with van der Waals surface area (Å²) in [6, 6.07) is 7.82. The first-order valence-corrected chi connectivity index (χ1v) is 7.99. The molecule has 1 heterocycles. The molecule has 0 spiro atoms. The molecule has 118 valence electrons. The molecule has 1 aromatic heterocycles. The van der Waals surface area contributed by atoms with E-state index in [9.17, 15) is 9.59 Å². The van der Waals surface area contributed by atoms with Crippen molar-refractivity contribution in [1.29, 1.82) is 0 Å². The monoisotopic (exact) mass is 300 g/mol. The zero-order chi connectivity index (χ0) is 15.9. The number of amides is 1. The van der Waals surface area contributed by atoms with Crippen LogP contribution in [0.2, 0.25) is 0 Å². The van der Waals surface area contributed by atoms with E-state index < -0.39 is 0 Å². The summed E-state index contributed by atoms with van der Waals surface area (Å²) in [5, 5.41) is 3.91. The Morgan fingerprint density at radius 3 is 2.82 bits per heavy atom. The molecule has 22 heavy (non-hydrogen) atoms. The topological polar surface area (TPSA) is 62.0 Å². The van der Waals surface area contributed by atoms with Crippen molar-refractivity contribution in [2.75, 3.05) is 6.54 Å². The largest absolute Gasteiger partial charge is 0.356 e. The van der Waals surface area contributed by atoms with E-state index in [4.69, 9.17) is 0 Å². The summed E-state index contributed by atoms with van der Waals surface area (Å²) < 4.78 is 0. The van der Waals surface area contributed by atoms with Crippen LogP contribution in [-0.4, -0.2) is 17.4 Å². The van der Waals surface area contributed by atoms with Crippen molar-refractivity contribution >= 4 is 16.8 Å². The Hall–Kier alpha value is -2.10. The number of unbranched alkanes of at least 4 members (excludes halogenated alkanes) is 2. The molecule has 4 heteroatoms. The second-order valence-corrected chi connectivity index (χ2v) is 5.77. The van der Waals surface area contributed by atoms with Crippen molar-refractivity contribution in [3.8, 4) is 0 Å². The molecule has 0 atom stereocenters. The first-order chi connectivity index (χ1) is 10.6. The van der Waals surface area contributed by atoms with Crippen molar-refractivity contribution in [3.63, 3.8) is 0 Å². The van der Waals surface area contributed by atoms with Gasteiger partial charge in [-0.15, -0.1) is 0 Å². The molecule has 0 saturated heterocycles. The Balaban J connectivity index is 1.97. The fraction of sp³-hybridized carbons (Fsp3) is 0.444. The minimum Gasteiger partial charge on any atom is -0.356 e. The molecule has 0 unspecified atom stereocenters. The van der Waals surface area contributed by atoms with Crippen LogP contribution >= 0.6 is 0 Å². The Morgan fingerprint density at radius 2 is 2.05 bits per heavy atom. The molecule has 0 radical (unpaired) electrons. The van der Waals surface area contributed by atoms with Crippen LogP contribution < -0.4 is 10.9 Å². The molecule has 0 aliphatic rings. The standard InChI is InChI=1S/C18H24N2O2/c1-3-4-5-10-19-17(21)9-7-14-12-15-11-13(2)6-8-16(15)20-18(14)22/h6,8,11-12H,3-5,7,9-10H2,1-2H3,(H,19,21)(H,20,22). The van der Waals surface area contributed by atoms with Crippen LogP contribution in [0.1, 0.15) is 43.7 Å². The minimum absolute atomic E-state index is 0.0137. The third-order valence-electron chi connectivity index (χ3n) is 3.80. The number of fused-ring (bicyclic) bond motifs is 1. The van der Waals surface area contributed by atoms with Crippen LogP contribution in [0.15, 0.2) is 29.1 Å². The number of nitrogens with one attached hydrogen (secondary N) is 2. The molecule has 1 amide bonds. The highest BCUT2D eigenvalue weighted by molar-refractivity contribution is 5.80. The number of hydrogen-bond acceptors (Lipinski definition) is 2. The molecule has 4 nitrogen and oxygen atoms in total. The minimum atomic E-state index is -0.102. The predicted octanol–water partition coefficient (Wildman–Crippen LogP) is 3.08. The Morgan fingerprint density at radius 1 is 1.23 bits per heavy atom. The number of aryl methyl sites for hydroxylation is 2. The number of H-pyrrole nitrogens is 1. The van der Waals surface area contributed by atoms with E-state index in [2.05, 4.69) is 17.2 Å². The molecule has 0 aliphatic heterocycles. The number of aromatic nitrogens is 1. The van der Waals surface area contributed by atoms with Gasteiger partial charge < -0.3 is 10.3 Å². The number of aromatic amines is 1. The normalized spacial score (nSPS) is 10.8. The first-order valence-electron chi connectivity index (χ1n) is 7.99. The van der Waals surface area contributed by atoms with Gasteiger partial charge in [0.05, 0.1) is 0 Å². The van der Waals surface area contributed by atoms with Gasteiger partial charge in [0, 0.05) is 24.0 Å². The van der Waals surface area contributed by atoms with Gasteiger partial charge in [0.1, 0.15) is 0 Å². The SMILES string of the molecule is CCCCCNC(=O)CCc1cc2cc(C)ccc2[nH]c1=O. The fourth-order valence-electron chi connectivity index (χ4n) is 2.50. The quantitative estimate of drug-likeness (QED) is 0.772. The van der Waals surface area contributed by atoms with E-state index in [1.54, 1.807) is 0 Å². The van der Waals surface area contributed by atoms with Gasteiger partial charge in [0.2, 0.25) is 5.91 Å². The lowest BCUT2D eigenvalue weighted by Crippen LogP contribution is -2.25. The number of carbonyl (C=O) groups is 1. The van der Waals surface area contributed by atoms with E-state index in [0.717, 1.165) is 42.3 Å². The Kier molecular flexibility index (Phi) is 5.75. The van der Waals surface area contributed by atoms with Crippen molar-refractivity contribution in [2.45, 2.75) is 46.0 Å². The van der Waals surface area contributed by atoms with E-state index in [1.807, 2.05) is 31.2 Å². The number of benzene rings is 1. The smallest absolute Gasteiger partial charge is 0.251 e. The second-order valence-electron chi connectivity index (χ2n) is 5.77. The number of hydrogen-bond donors (Lipinski definition) is 2. The highest BCUT2D eigenvalue weighted by Crippen LogP contribution is 2.13. The maximum absolute atomic E-state index is 12.0. The second kappa shape index (κ2) is 7.78. The van der Waals surface area contributed by atoms with Crippen LogP contribution in [0, 0.1) is 6.92 Å². The van der Waals surface area contributed by atoms with Crippen LogP contribution in [0.5, 0.6) is 0 Å². The number of carbonyl (C=O) groups excluding carboxylic acids is 1. The summed E-state index contributed by atoms with van der Waals surface area (Å²) in [5.41, 5.74) is 2.56. The summed E-state index contributed by atoms with van der Waals surface area (Å²) in [7, 11) is 0. The molecule has 2 N–H and O–H groups in total. The van der Waals surface area contributed by atoms with Crippen LogP contribution in [-0.2, 0) is 11.2 Å². The van der Waals surface area contributed by atoms with Crippen LogP contribution in [0.3, 0.4) is 0 Å². The summed E-state index contributed by atoms with van der Waals surface area (Å²) in [6.07, 6.45) is 4.11. The molecule has 2 rings (SSSR count). The summed E-state index contributed by atoms with van der Waals surface area (Å²) in [5.74, 6) is 0.0137. The Bertz CT molecular complexity index is 704. The lowest BCUT2D eigenvalue weighted by molar-refractivity contribution is -0.121. The predicted molar refractivity (Wildman–Crippen MR) is 90.2 cm³/mol. The molecule has 0 fully saturated rings. The molecule has 0 saturated carbocycles. The maximum atomic E-state index is 12.0. The highest BCUT2D eigenvalue weighted by Gasteiger charge is 2.06. The molecule has 0 bridgehead atoms. The summed E-state index contributed by atoms with van der Waals surface area (Å²) in [4.78, 5) is 26.7. The zero-order valence-corrected chi connectivity index (χ0v) is 13.4. The van der Waals surface area contributed by atoms with Gasteiger partial charge in [-0.3, -0.25) is 9.59 Å². The third kappa shape index (κ3) is 4.45. The van der Waals surface area contributed by atoms with Crippen molar-refractivity contribution in [3.05, 3.63) is 45.7 Å². The summed E-state index contributed by atoms with van der Waals surface area (Å²) in [6.45, 7) is 4.88. The molecule has 1 aromatic carbocycles. The zero-order valence-electron chi connectivity index (χ0n) is 13.4. The molecular weight excluding hydrogens is 276 g/mol. The third-order valence-corrected chi connectivity index (χ3v) is 3.80. The van der Waals surface area contributed by atoms with Gasteiger partial charge in [-0.1, -0.05) is 31.4 Å². The highest BCUT2D eigenvalue weighted by atomic mass is 16.1. The van der Waals surface area contributed by atoms with Gasteiger partial charge in [0.15, 0.2) is 0 Å². The first kappa shape index (κ1) is 16.3. The molecular formula is C18H24N2O2. The fourth-order valence-corrected chi connectivity index (χ4v) is 2.50. The van der Waals surface area contributed by atoms with E-state index in [-0.39, 0.29) is 11.5 Å². The molecule has 0 aliphatic carbocycles. The van der Waals surface area contributed by atoms with Gasteiger partial charge >= 0.3 is 0 Å². The number of pyridine rings is 1. The summed E-state index contributed by atoms with van der Waals surface area (Å²) >= 11 is 0. The van der Waals surface area contributed by atoms with Gasteiger partial charge in [0.25, 0.3) is 5.56 Å². The average Bonchev–Trinajstić information content (AvgIpc) is 2.50. The van der Waals surface area contributed by atoms with Crippen LogP contribution in [0.4, 0.5) is 0 Å². The van der Waals surface area contributed by atoms with Crippen molar-refractivity contribution in [1.82, 2.24) is 10.3 Å². The van der Waals surface area contributed by atoms with Gasteiger partial charge in [-0.2, -0.15) is 0 Å². The maximum Gasteiger partial charge on any atom is 0.251 e. The van der Waals surface area contributed by atoms with E-state index >= 15 is 0 Å². The van der Waals surface area contributed by atoms with E-state index in [0.29, 0.717) is 18.4 Å². The van der Waals surface area contributed by atoms with E-state index in [1.165, 1.54) is 0 Å². The van der Waals surface area contributed by atoms with Gasteiger partial charge in [-0.05, 0) is 43.4 Å². The van der Waals surface area contributed by atoms with Crippen LogP contribution in [0.25, 0.3) is 10.9 Å².